The van der Waals surface area contributed by atoms with Crippen LogP contribution in [0.4, 0.5) is 17.1 Å². The van der Waals surface area contributed by atoms with Gasteiger partial charge in [-0.15, -0.1) is 0 Å². The van der Waals surface area contributed by atoms with Gasteiger partial charge in [0.15, 0.2) is 11.5 Å². The molecule has 210 valence electrons. The van der Waals surface area contributed by atoms with Gasteiger partial charge in [0.05, 0.1) is 11.5 Å². The Morgan fingerprint density at radius 3 is 2.42 bits per heavy atom. The van der Waals surface area contributed by atoms with Crippen LogP contribution in [0.25, 0.3) is 21.9 Å². The number of fused-ring (bicyclic) bond motifs is 1. The van der Waals surface area contributed by atoms with E-state index in [1.165, 1.54) is 23.7 Å². The van der Waals surface area contributed by atoms with Gasteiger partial charge in [-0.05, 0) is 42.7 Å². The first-order chi connectivity index (χ1) is 19.1. The third-order valence-electron chi connectivity index (χ3n) is 8.15. The number of aromatic amines is 1. The van der Waals surface area contributed by atoms with Gasteiger partial charge >= 0.3 is 5.97 Å². The van der Waals surface area contributed by atoms with Crippen molar-refractivity contribution < 1.29 is 19.2 Å². The molecular weight excluding hydrogens is 514 g/mol. The quantitative estimate of drug-likeness (QED) is 0.212. The number of anilines is 1. The number of benzene rings is 1. The van der Waals surface area contributed by atoms with Crippen LogP contribution >= 0.6 is 0 Å². The molecule has 0 radical (unpaired) electrons. The molecule has 0 spiro atoms. The van der Waals surface area contributed by atoms with Crippen molar-refractivity contribution in [2.75, 3.05) is 31.1 Å². The molecule has 1 amide bonds. The van der Waals surface area contributed by atoms with E-state index >= 15 is 0 Å². The molecule has 3 aromatic rings. The lowest BCUT2D eigenvalue weighted by Crippen LogP contribution is -2.48. The Bertz CT molecular complexity index is 1500. The first kappa shape index (κ1) is 27.2. The molecule has 40 heavy (non-hydrogen) atoms. The number of rotatable bonds is 5. The van der Waals surface area contributed by atoms with E-state index in [-0.39, 0.29) is 46.4 Å². The molecule has 3 heterocycles. The lowest BCUT2D eigenvalue weighted by Gasteiger charge is -2.37. The summed E-state index contributed by atoms with van der Waals surface area (Å²) in [5.41, 5.74) is 1.32. The van der Waals surface area contributed by atoms with E-state index in [1.54, 1.807) is 17.0 Å². The summed E-state index contributed by atoms with van der Waals surface area (Å²) < 4.78 is 7.44. The number of ether oxygens (including phenoxy) is 1. The molecule has 2 aliphatic rings. The van der Waals surface area contributed by atoms with Crippen LogP contribution in [0.5, 0.6) is 0 Å². The third-order valence-corrected chi connectivity index (χ3v) is 8.15. The average Bonchev–Trinajstić information content (AvgIpc) is 3.48. The van der Waals surface area contributed by atoms with Crippen LogP contribution in [0.3, 0.4) is 0 Å². The highest BCUT2D eigenvalue weighted by Gasteiger charge is 2.36. The largest absolute Gasteiger partial charge is 0.459 e. The molecule has 1 saturated heterocycles. The number of hydrogen-bond acceptors (Lipinski definition) is 7. The Balaban J connectivity index is 1.44. The molecule has 1 aliphatic heterocycles. The molecule has 2 fully saturated rings. The van der Waals surface area contributed by atoms with E-state index in [0.29, 0.717) is 49.2 Å². The van der Waals surface area contributed by atoms with Gasteiger partial charge < -0.3 is 14.5 Å². The molecule has 0 bridgehead atoms. The minimum absolute atomic E-state index is 0.0132. The monoisotopic (exact) mass is 547 g/mol. The number of nitro benzene ring substituents is 1. The fourth-order valence-electron chi connectivity index (χ4n) is 6.29. The number of aromatic nitrogens is 3. The Hall–Kier alpha value is -4.40. The SMILES string of the molecule is [C-]#[N+]c1cn2[nH]c(-c3ccc(N4CCN(C(C)=O)CC4)c([N+](=O)[O-])c3)nc2c1C(=O)OC1C(C)CC(C)CC1C. The van der Waals surface area contributed by atoms with Gasteiger partial charge in [-0.25, -0.2) is 14.6 Å². The van der Waals surface area contributed by atoms with Crippen LogP contribution in [-0.4, -0.2) is 68.6 Å². The summed E-state index contributed by atoms with van der Waals surface area (Å²) in [6.07, 6.45) is 3.18. The summed E-state index contributed by atoms with van der Waals surface area (Å²) in [4.78, 5) is 48.3. The maximum Gasteiger partial charge on any atom is 0.331 e. The number of esters is 1. The molecule has 2 unspecified atom stereocenters. The highest BCUT2D eigenvalue weighted by atomic mass is 16.6. The molecule has 12 nitrogen and oxygen atoms in total. The van der Waals surface area contributed by atoms with E-state index in [9.17, 15) is 19.7 Å². The smallest absolute Gasteiger partial charge is 0.331 e. The van der Waals surface area contributed by atoms with Gasteiger partial charge in [-0.3, -0.25) is 24.5 Å². The van der Waals surface area contributed by atoms with Gasteiger partial charge in [-0.1, -0.05) is 20.8 Å². The normalized spacial score (nSPS) is 23.2. The van der Waals surface area contributed by atoms with Gasteiger partial charge in [0.25, 0.3) is 5.69 Å². The molecule has 1 aliphatic carbocycles. The van der Waals surface area contributed by atoms with Crippen molar-refractivity contribution >= 4 is 34.6 Å². The first-order valence-electron chi connectivity index (χ1n) is 13.6. The van der Waals surface area contributed by atoms with Crippen molar-refractivity contribution in [3.8, 4) is 11.4 Å². The second-order valence-electron chi connectivity index (χ2n) is 11.1. The number of H-pyrrole nitrogens is 1. The first-order valence-corrected chi connectivity index (χ1v) is 13.6. The van der Waals surface area contributed by atoms with Gasteiger partial charge in [0.2, 0.25) is 11.6 Å². The Kier molecular flexibility index (Phi) is 7.23. The minimum Gasteiger partial charge on any atom is -0.459 e. The number of carbonyl (C=O) groups is 2. The van der Waals surface area contributed by atoms with Crippen LogP contribution in [-0.2, 0) is 9.53 Å². The summed E-state index contributed by atoms with van der Waals surface area (Å²) in [5, 5.41) is 15.1. The maximum atomic E-state index is 13.4. The molecule has 2 aromatic heterocycles. The van der Waals surface area contributed by atoms with E-state index < -0.39 is 10.9 Å². The van der Waals surface area contributed by atoms with Crippen LogP contribution < -0.4 is 4.90 Å². The predicted molar refractivity (Wildman–Crippen MR) is 148 cm³/mol. The van der Waals surface area contributed by atoms with Crippen LogP contribution in [0.2, 0.25) is 0 Å². The minimum atomic E-state index is -0.587. The number of nitrogens with one attached hydrogen (secondary N) is 1. The van der Waals surface area contributed by atoms with Crippen molar-refractivity contribution in [1.29, 1.82) is 0 Å². The van der Waals surface area contributed by atoms with Crippen molar-refractivity contribution in [2.24, 2.45) is 17.8 Å². The molecule has 1 saturated carbocycles. The predicted octanol–water partition coefficient (Wildman–Crippen LogP) is 4.68. The second kappa shape index (κ2) is 10.6. The van der Waals surface area contributed by atoms with Gasteiger partial charge in [-0.2, -0.15) is 0 Å². The second-order valence-corrected chi connectivity index (χ2v) is 11.1. The third kappa shape index (κ3) is 4.99. The summed E-state index contributed by atoms with van der Waals surface area (Å²) in [5.74, 6) is 0.698. The Morgan fingerprint density at radius 1 is 1.15 bits per heavy atom. The fourth-order valence-corrected chi connectivity index (χ4v) is 6.29. The molecular formula is C28H33N7O5. The fraction of sp³-hybridized carbons (Fsp3) is 0.500. The van der Waals surface area contributed by atoms with Crippen molar-refractivity contribution in [3.63, 3.8) is 0 Å². The van der Waals surface area contributed by atoms with E-state index in [0.717, 1.165) is 12.8 Å². The van der Waals surface area contributed by atoms with Crippen LogP contribution in [0, 0.1) is 34.4 Å². The van der Waals surface area contributed by atoms with Crippen molar-refractivity contribution in [1.82, 2.24) is 19.5 Å². The zero-order chi connectivity index (χ0) is 28.7. The summed E-state index contributed by atoms with van der Waals surface area (Å²) in [6.45, 7) is 17.5. The lowest BCUT2D eigenvalue weighted by molar-refractivity contribution is -0.384. The number of nitro groups is 1. The van der Waals surface area contributed by atoms with Crippen LogP contribution in [0.15, 0.2) is 24.4 Å². The number of nitrogens with zero attached hydrogens (tertiary/aromatic N) is 6. The zero-order valence-corrected chi connectivity index (χ0v) is 23.1. The summed E-state index contributed by atoms with van der Waals surface area (Å²) >= 11 is 0. The molecule has 1 aromatic carbocycles. The average molecular weight is 548 g/mol. The molecule has 1 N–H and O–H groups in total. The van der Waals surface area contributed by atoms with Gasteiger partial charge in [0.1, 0.15) is 17.4 Å². The zero-order valence-electron chi connectivity index (χ0n) is 23.1. The van der Waals surface area contributed by atoms with Gasteiger partial charge in [0, 0.05) is 50.9 Å². The topological polar surface area (TPSA) is 130 Å². The molecule has 2 atom stereocenters. The van der Waals surface area contributed by atoms with Crippen molar-refractivity contribution in [3.05, 3.63) is 51.5 Å². The summed E-state index contributed by atoms with van der Waals surface area (Å²) in [6, 6.07) is 4.87. The van der Waals surface area contributed by atoms with E-state index in [4.69, 9.17) is 11.3 Å². The number of amides is 1. The maximum absolute atomic E-state index is 13.4. The standard InChI is InChI=1S/C28H33N7O5/c1-16-12-17(2)25(18(3)13-16)40-28(37)24-21(29-5)15-34-27(24)30-26(31-34)20-6-7-22(23(14-20)35(38)39)33-10-8-32(9-11-33)19(4)36/h6-7,14-18,25H,8-13H2,1-4H3,(H,30,31). The Labute approximate surface area is 231 Å². The highest BCUT2D eigenvalue weighted by Crippen LogP contribution is 2.37. The molecule has 5 rings (SSSR count). The Morgan fingerprint density at radius 2 is 1.82 bits per heavy atom. The van der Waals surface area contributed by atoms with E-state index in [2.05, 4.69) is 35.7 Å². The highest BCUT2D eigenvalue weighted by molar-refractivity contribution is 6.03. The number of carbonyl (C=O) groups excluding carboxylic acids is 2. The summed E-state index contributed by atoms with van der Waals surface area (Å²) in [7, 11) is 0. The van der Waals surface area contributed by atoms with Crippen LogP contribution in [0.1, 0.15) is 50.9 Å². The van der Waals surface area contributed by atoms with Crippen molar-refractivity contribution in [2.45, 2.75) is 46.6 Å². The van der Waals surface area contributed by atoms with E-state index in [1.807, 2.05) is 4.90 Å². The molecule has 12 heteroatoms. The number of hydrogen-bond donors (Lipinski definition) is 1. The lowest BCUT2D eigenvalue weighted by atomic mass is 9.75. The number of piperazine rings is 1.